The topological polar surface area (TPSA) is 126 Å². The van der Waals surface area contributed by atoms with Gasteiger partial charge in [-0.25, -0.2) is 4.79 Å². The zero-order chi connectivity index (χ0) is 21.6. The Kier molecular flexibility index (Phi) is 6.96. The Morgan fingerprint density at radius 2 is 1.66 bits per heavy atom. The van der Waals surface area contributed by atoms with Gasteiger partial charge in [0.05, 0.1) is 31.9 Å². The fourth-order valence-electron chi connectivity index (χ4n) is 2.39. The average Bonchev–Trinajstić information content (AvgIpc) is 2.72. The molecular formula is C19H20N2O8. The highest BCUT2D eigenvalue weighted by molar-refractivity contribution is 5.99. The number of amides is 1. The number of benzene rings is 2. The molecule has 0 aliphatic rings. The number of carbonyl (C=O) groups is 2. The van der Waals surface area contributed by atoms with Crippen LogP contribution in [0.2, 0.25) is 0 Å². The first-order valence-electron chi connectivity index (χ1n) is 8.37. The third kappa shape index (κ3) is 5.12. The van der Waals surface area contributed by atoms with Crippen LogP contribution in [0.4, 0.5) is 11.4 Å². The molecule has 0 saturated carbocycles. The molecule has 1 unspecified atom stereocenters. The molecule has 0 aliphatic heterocycles. The second-order valence-corrected chi connectivity index (χ2v) is 5.74. The van der Waals surface area contributed by atoms with Gasteiger partial charge in [0.2, 0.25) is 0 Å². The molecule has 2 aromatic carbocycles. The standard InChI is InChI=1S/C19H20N2O8/c1-11(18(22)20-15-10-13(26-2)6-8-17(15)28-4)29-19(23)14-9-12(21(24)25)5-7-16(14)27-3/h5-11H,1-4H3,(H,20,22). The Morgan fingerprint density at radius 3 is 2.24 bits per heavy atom. The van der Waals surface area contributed by atoms with Crippen molar-refractivity contribution in [2.75, 3.05) is 26.6 Å². The molecule has 1 atom stereocenters. The molecule has 0 bridgehead atoms. The summed E-state index contributed by atoms with van der Waals surface area (Å²) in [7, 11) is 4.23. The highest BCUT2D eigenvalue weighted by atomic mass is 16.6. The first-order valence-corrected chi connectivity index (χ1v) is 8.37. The predicted octanol–water partition coefficient (Wildman–Crippen LogP) is 2.80. The maximum atomic E-state index is 12.5. The van der Waals surface area contributed by atoms with Gasteiger partial charge < -0.3 is 24.3 Å². The number of non-ortho nitro benzene ring substituents is 1. The van der Waals surface area contributed by atoms with Gasteiger partial charge in [-0.3, -0.25) is 14.9 Å². The highest BCUT2D eigenvalue weighted by Crippen LogP contribution is 2.29. The number of nitrogens with one attached hydrogen (secondary N) is 1. The van der Waals surface area contributed by atoms with E-state index in [0.717, 1.165) is 6.07 Å². The molecule has 0 fully saturated rings. The summed E-state index contributed by atoms with van der Waals surface area (Å²) >= 11 is 0. The van der Waals surface area contributed by atoms with Crippen LogP contribution in [0.15, 0.2) is 36.4 Å². The lowest BCUT2D eigenvalue weighted by Gasteiger charge is -2.16. The summed E-state index contributed by atoms with van der Waals surface area (Å²) in [5, 5.41) is 13.5. The number of hydrogen-bond acceptors (Lipinski definition) is 8. The number of nitro benzene ring substituents is 1. The number of carbonyl (C=O) groups excluding carboxylic acids is 2. The van der Waals surface area contributed by atoms with E-state index in [1.54, 1.807) is 18.2 Å². The summed E-state index contributed by atoms with van der Waals surface area (Å²) in [5.74, 6) is -0.604. The molecule has 1 N–H and O–H groups in total. The summed E-state index contributed by atoms with van der Waals surface area (Å²) in [5.41, 5.74) is -0.149. The van der Waals surface area contributed by atoms with Crippen molar-refractivity contribution in [2.45, 2.75) is 13.0 Å². The number of hydrogen-bond donors (Lipinski definition) is 1. The number of nitro groups is 1. The van der Waals surface area contributed by atoms with E-state index < -0.39 is 22.9 Å². The van der Waals surface area contributed by atoms with Gasteiger partial charge in [-0.2, -0.15) is 0 Å². The lowest BCUT2D eigenvalue weighted by atomic mass is 10.1. The van der Waals surface area contributed by atoms with E-state index >= 15 is 0 Å². The van der Waals surface area contributed by atoms with Gasteiger partial charge in [-0.05, 0) is 25.1 Å². The van der Waals surface area contributed by atoms with Gasteiger partial charge in [0.25, 0.3) is 11.6 Å². The van der Waals surface area contributed by atoms with Crippen molar-refractivity contribution in [3.05, 3.63) is 52.1 Å². The van der Waals surface area contributed by atoms with Crippen molar-refractivity contribution < 1.29 is 33.5 Å². The quantitative estimate of drug-likeness (QED) is 0.404. The molecule has 2 rings (SSSR count). The molecule has 2 aromatic rings. The van der Waals surface area contributed by atoms with Gasteiger partial charge in [0.15, 0.2) is 6.10 Å². The van der Waals surface area contributed by atoms with Gasteiger partial charge >= 0.3 is 5.97 Å². The maximum absolute atomic E-state index is 12.5. The maximum Gasteiger partial charge on any atom is 0.342 e. The number of ether oxygens (including phenoxy) is 4. The lowest BCUT2D eigenvalue weighted by molar-refractivity contribution is -0.384. The van der Waals surface area contributed by atoms with Crippen molar-refractivity contribution in [1.29, 1.82) is 0 Å². The average molecular weight is 404 g/mol. The molecule has 29 heavy (non-hydrogen) atoms. The first-order chi connectivity index (χ1) is 13.8. The Bertz CT molecular complexity index is 928. The molecular weight excluding hydrogens is 384 g/mol. The van der Waals surface area contributed by atoms with Crippen LogP contribution in [-0.2, 0) is 9.53 Å². The third-order valence-corrected chi connectivity index (χ3v) is 3.93. The monoisotopic (exact) mass is 404 g/mol. The highest BCUT2D eigenvalue weighted by Gasteiger charge is 2.24. The molecule has 0 saturated heterocycles. The molecule has 10 nitrogen and oxygen atoms in total. The smallest absolute Gasteiger partial charge is 0.342 e. The van der Waals surface area contributed by atoms with E-state index in [2.05, 4.69) is 5.32 Å². The summed E-state index contributed by atoms with van der Waals surface area (Å²) in [6.45, 7) is 1.36. The number of esters is 1. The molecule has 0 heterocycles. The van der Waals surface area contributed by atoms with Crippen LogP contribution in [0.3, 0.4) is 0 Å². The van der Waals surface area contributed by atoms with E-state index in [0.29, 0.717) is 17.2 Å². The number of methoxy groups -OCH3 is 3. The summed E-state index contributed by atoms with van der Waals surface area (Å²) < 4.78 is 20.5. The number of rotatable bonds is 8. The minimum absolute atomic E-state index is 0.0858. The summed E-state index contributed by atoms with van der Waals surface area (Å²) in [4.78, 5) is 35.2. The van der Waals surface area contributed by atoms with Crippen LogP contribution in [0.5, 0.6) is 17.2 Å². The van der Waals surface area contributed by atoms with E-state index in [-0.39, 0.29) is 17.0 Å². The molecule has 0 aliphatic carbocycles. The third-order valence-electron chi connectivity index (χ3n) is 3.93. The summed E-state index contributed by atoms with van der Waals surface area (Å²) in [6.07, 6.45) is -1.21. The largest absolute Gasteiger partial charge is 0.497 e. The zero-order valence-corrected chi connectivity index (χ0v) is 16.3. The second-order valence-electron chi connectivity index (χ2n) is 5.74. The van der Waals surface area contributed by atoms with E-state index in [9.17, 15) is 19.7 Å². The molecule has 0 radical (unpaired) electrons. The second kappa shape index (κ2) is 9.40. The molecule has 0 aromatic heterocycles. The van der Waals surface area contributed by atoms with Crippen molar-refractivity contribution in [3.8, 4) is 17.2 Å². The minimum atomic E-state index is -1.21. The minimum Gasteiger partial charge on any atom is -0.497 e. The van der Waals surface area contributed by atoms with Crippen molar-refractivity contribution in [1.82, 2.24) is 0 Å². The zero-order valence-electron chi connectivity index (χ0n) is 16.3. The van der Waals surface area contributed by atoms with Crippen molar-refractivity contribution in [2.24, 2.45) is 0 Å². The van der Waals surface area contributed by atoms with E-state index in [1.807, 2.05) is 0 Å². The SMILES string of the molecule is COc1ccc(OC)c(NC(=O)C(C)OC(=O)c2cc([N+](=O)[O-])ccc2OC)c1. The first kappa shape index (κ1) is 21.5. The van der Waals surface area contributed by atoms with Crippen molar-refractivity contribution in [3.63, 3.8) is 0 Å². The Morgan fingerprint density at radius 1 is 1.00 bits per heavy atom. The van der Waals surface area contributed by atoms with Gasteiger partial charge in [0, 0.05) is 18.2 Å². The van der Waals surface area contributed by atoms with Gasteiger partial charge in [-0.15, -0.1) is 0 Å². The Hall–Kier alpha value is -3.82. The van der Waals surface area contributed by atoms with Crippen LogP contribution < -0.4 is 19.5 Å². The lowest BCUT2D eigenvalue weighted by Crippen LogP contribution is -2.30. The normalized spacial score (nSPS) is 11.2. The van der Waals surface area contributed by atoms with Crippen LogP contribution >= 0.6 is 0 Å². The van der Waals surface area contributed by atoms with Crippen LogP contribution in [-0.4, -0.2) is 44.2 Å². The molecule has 0 spiro atoms. The molecule has 10 heteroatoms. The predicted molar refractivity (Wildman–Crippen MR) is 103 cm³/mol. The van der Waals surface area contributed by atoms with Gasteiger partial charge in [-0.1, -0.05) is 0 Å². The Labute approximate surface area is 166 Å². The molecule has 154 valence electrons. The van der Waals surface area contributed by atoms with E-state index in [4.69, 9.17) is 18.9 Å². The van der Waals surface area contributed by atoms with Crippen LogP contribution in [0.1, 0.15) is 17.3 Å². The summed E-state index contributed by atoms with van der Waals surface area (Å²) in [6, 6.07) is 8.32. The van der Waals surface area contributed by atoms with E-state index in [1.165, 1.54) is 40.4 Å². The number of anilines is 1. The molecule has 1 amide bonds. The van der Waals surface area contributed by atoms with Gasteiger partial charge in [0.1, 0.15) is 22.8 Å². The van der Waals surface area contributed by atoms with Crippen molar-refractivity contribution >= 4 is 23.3 Å². The van der Waals surface area contributed by atoms with Crippen LogP contribution in [0, 0.1) is 10.1 Å². The fraction of sp³-hybridized carbons (Fsp3) is 0.263. The van der Waals surface area contributed by atoms with Crippen LogP contribution in [0.25, 0.3) is 0 Å². The fourth-order valence-corrected chi connectivity index (χ4v) is 2.39. The Balaban J connectivity index is 2.17. The number of nitrogens with zero attached hydrogens (tertiary/aromatic N) is 1.